The number of fused-ring (bicyclic) bond motifs is 15. The van der Waals surface area contributed by atoms with Crippen LogP contribution in [0.25, 0.3) is 93.3 Å². The summed E-state index contributed by atoms with van der Waals surface area (Å²) in [6.07, 6.45) is 11.4. The monoisotopic (exact) mass is 1090 g/mol. The van der Waals surface area contributed by atoms with Crippen LogP contribution in [0.3, 0.4) is 0 Å². The topological polar surface area (TPSA) is 84.8 Å². The Morgan fingerprint density at radius 1 is 0.500 bits per heavy atom. The van der Waals surface area contributed by atoms with Crippen molar-refractivity contribution in [3.63, 3.8) is 0 Å². The fourth-order valence-corrected chi connectivity index (χ4v) is 16.9. The van der Waals surface area contributed by atoms with Crippen LogP contribution in [0.1, 0.15) is 36.2 Å². The molecule has 15 heteroatoms. The fraction of sp³-hybridized carbons (Fsp3) is 0.169. The van der Waals surface area contributed by atoms with Crippen molar-refractivity contribution in [2.45, 2.75) is 61.5 Å². The highest BCUT2D eigenvalue weighted by Crippen LogP contribution is 2.50. The lowest BCUT2D eigenvalue weighted by Crippen LogP contribution is -2.16. The van der Waals surface area contributed by atoms with Crippen molar-refractivity contribution in [3.05, 3.63) is 130 Å². The zero-order valence-corrected chi connectivity index (χ0v) is 47.6. The SMILES string of the molecule is C=c1nc2c3c(CC)c4ccccc4c(S)c3c3n2on2c(c4c(SC)c5ccccc5c(SC)c4c2nc(C)c2c(SC)c4ccccc4c(SCC)c12)N=C1N=C(N=3)c2c1c(SC)c1ccccc1c2SC. The lowest BCUT2D eigenvalue weighted by atomic mass is 9.97. The quantitative estimate of drug-likeness (QED) is 0.118. The number of rotatable bonds is 8. The summed E-state index contributed by atoms with van der Waals surface area (Å²) in [4.78, 5) is 36.3. The van der Waals surface area contributed by atoms with Crippen molar-refractivity contribution in [2.24, 2.45) is 15.0 Å². The Labute approximate surface area is 457 Å². The number of thiol groups is 1. The van der Waals surface area contributed by atoms with Gasteiger partial charge in [-0.2, -0.15) is 0 Å². The van der Waals surface area contributed by atoms with E-state index in [0.717, 1.165) is 138 Å². The predicted octanol–water partition coefficient (Wildman–Crippen LogP) is 16.1. The van der Waals surface area contributed by atoms with Gasteiger partial charge in [0.25, 0.3) is 0 Å². The number of hydrogen-bond acceptors (Lipinski definition) is 13. The van der Waals surface area contributed by atoms with Gasteiger partial charge in [0.15, 0.2) is 34.3 Å². The fourth-order valence-electron chi connectivity index (χ4n) is 11.5. The third-order valence-corrected chi connectivity index (χ3v) is 20.0. The number of aliphatic imine (C=N–C) groups is 2. The third kappa shape index (κ3) is 6.75. The molecule has 0 saturated carbocycles. The van der Waals surface area contributed by atoms with Gasteiger partial charge in [-0.3, -0.25) is 4.63 Å². The van der Waals surface area contributed by atoms with Gasteiger partial charge in [0.2, 0.25) is 0 Å². The second-order valence-electron chi connectivity index (χ2n) is 18.0. The minimum atomic E-state index is 0.511. The molecule has 2 aliphatic rings. The Kier molecular flexibility index (Phi) is 12.1. The predicted molar refractivity (Wildman–Crippen MR) is 327 cm³/mol. The maximum Gasteiger partial charge on any atom is 0.185 e. The van der Waals surface area contributed by atoms with E-state index in [1.165, 1.54) is 0 Å². The number of amidine groups is 2. The molecule has 0 aliphatic carbocycles. The average molecular weight is 1090 g/mol. The second-order valence-corrected chi connectivity index (χ2v) is 23.8. The summed E-state index contributed by atoms with van der Waals surface area (Å²) >= 11 is 15.9. The molecule has 0 saturated heterocycles. The highest BCUT2D eigenvalue weighted by Gasteiger charge is 2.34. The van der Waals surface area contributed by atoms with E-state index in [4.69, 9.17) is 48.8 Å². The van der Waals surface area contributed by atoms with E-state index in [-0.39, 0.29) is 0 Å². The largest absolute Gasteiger partial charge is 0.275 e. The van der Waals surface area contributed by atoms with E-state index in [0.29, 0.717) is 46.0 Å². The van der Waals surface area contributed by atoms with Crippen LogP contribution in [0.15, 0.2) is 151 Å². The number of hydrogen-bond donors (Lipinski definition) is 1. The van der Waals surface area contributed by atoms with Gasteiger partial charge >= 0.3 is 0 Å². The van der Waals surface area contributed by atoms with Crippen LogP contribution in [-0.4, -0.2) is 67.8 Å². The molecule has 4 bridgehead atoms. The first-order valence-corrected chi connectivity index (χ1v) is 31.8. The Hall–Kier alpha value is -5.52. The lowest BCUT2D eigenvalue weighted by molar-refractivity contribution is 0.224. The number of aromatic nitrogens is 4. The van der Waals surface area contributed by atoms with E-state index in [1.54, 1.807) is 58.8 Å². The Morgan fingerprint density at radius 3 is 1.51 bits per heavy atom. The molecule has 74 heavy (non-hydrogen) atoms. The van der Waals surface area contributed by atoms with Crippen LogP contribution in [0.2, 0.25) is 0 Å². The molecule has 0 atom stereocenters. The van der Waals surface area contributed by atoms with Crippen molar-refractivity contribution in [3.8, 4) is 0 Å². The maximum atomic E-state index is 7.77. The molecule has 0 spiro atoms. The summed E-state index contributed by atoms with van der Waals surface area (Å²) in [5, 5.41) is 15.0. The average Bonchev–Trinajstić information content (AvgIpc) is 4.06. The molecule has 0 N–H and O–H groups in total. The minimum absolute atomic E-state index is 0.511. The molecule has 0 unspecified atom stereocenters. The van der Waals surface area contributed by atoms with Crippen molar-refractivity contribution in [2.75, 3.05) is 37.0 Å². The molecular weight excluding hydrogens is 1050 g/mol. The summed E-state index contributed by atoms with van der Waals surface area (Å²) in [6, 6.07) is 34.6. The second kappa shape index (κ2) is 18.6. The summed E-state index contributed by atoms with van der Waals surface area (Å²) in [7, 11) is 0. The van der Waals surface area contributed by atoms with E-state index >= 15 is 0 Å². The number of thioether (sulfide) groups is 6. The molecule has 3 aromatic heterocycles. The molecule has 2 aliphatic heterocycles. The van der Waals surface area contributed by atoms with Gasteiger partial charge in [-0.25, -0.2) is 24.9 Å². The van der Waals surface area contributed by atoms with Gasteiger partial charge in [-0.1, -0.05) is 117 Å². The van der Waals surface area contributed by atoms with E-state index in [9.17, 15) is 0 Å². The zero-order chi connectivity index (χ0) is 50.8. The van der Waals surface area contributed by atoms with Crippen molar-refractivity contribution in [1.82, 2.24) is 19.1 Å². The summed E-state index contributed by atoms with van der Waals surface area (Å²) in [5.41, 5.74) is 5.45. The molecular formula is C59H47N7OS7. The van der Waals surface area contributed by atoms with Gasteiger partial charge < -0.3 is 0 Å². The minimum Gasteiger partial charge on any atom is -0.275 e. The van der Waals surface area contributed by atoms with Crippen molar-refractivity contribution >= 4 is 194 Å². The Balaban J connectivity index is 1.44. The summed E-state index contributed by atoms with van der Waals surface area (Å²) < 4.78 is 11.4. The maximum absolute atomic E-state index is 7.77. The zero-order valence-electron chi connectivity index (χ0n) is 41.8. The molecule has 0 radical (unpaired) electrons. The highest BCUT2D eigenvalue weighted by atomic mass is 32.2. The smallest absolute Gasteiger partial charge is 0.185 e. The summed E-state index contributed by atoms with van der Waals surface area (Å²) in [6.45, 7) is 11.5. The van der Waals surface area contributed by atoms with Crippen molar-refractivity contribution < 1.29 is 4.63 Å². The molecule has 5 heterocycles. The third-order valence-electron chi connectivity index (χ3n) is 14.4. The summed E-state index contributed by atoms with van der Waals surface area (Å²) in [5.74, 6) is 2.52. The van der Waals surface area contributed by atoms with E-state index in [2.05, 4.69) is 149 Å². The molecule has 0 amide bonds. The van der Waals surface area contributed by atoms with Crippen LogP contribution in [-0.2, 0) is 6.42 Å². The van der Waals surface area contributed by atoms with Crippen LogP contribution < -0.4 is 10.8 Å². The standard InChI is InChI=1S/C59H47N7OS7/c1-10-30-31-20-12-13-21-32(31)47(68)42-41(30)56-60-29(4)40-39(48(69-5)37-26-18-19-27-38(37)53(40)74-11-2)28(3)61-58-45-46(52(73-9)36-25-17-16-24-35(36)51(45)72-8)59-64-55-44-43(54(62-55)63-57(42)65(56)67-66(58)59)49(70-6)33-22-14-15-23-34(33)50(44)71-7/h12-27,68H,4,10-11H2,1-3,5-9H3. The number of nitrogens with zero attached hydrogens (tertiary/aromatic N) is 7. The molecule has 13 rings (SSSR count). The first-order chi connectivity index (χ1) is 36.2. The van der Waals surface area contributed by atoms with Gasteiger partial charge in [0.1, 0.15) is 0 Å². The first kappa shape index (κ1) is 48.1. The van der Waals surface area contributed by atoms with Crippen LogP contribution in [0.4, 0.5) is 5.82 Å². The number of benzene rings is 8. The van der Waals surface area contributed by atoms with Crippen molar-refractivity contribution in [1.29, 1.82) is 0 Å². The molecule has 8 nitrogen and oxygen atoms in total. The van der Waals surface area contributed by atoms with E-state index < -0.39 is 0 Å². The van der Waals surface area contributed by atoms with Gasteiger partial charge in [0, 0.05) is 83.4 Å². The molecule has 11 aromatic rings. The van der Waals surface area contributed by atoms with Gasteiger partial charge in [-0.15, -0.1) is 92.3 Å². The van der Waals surface area contributed by atoms with E-state index in [1.807, 2.05) is 20.9 Å². The van der Waals surface area contributed by atoms with Crippen LogP contribution >= 0.6 is 83.2 Å². The Bertz CT molecular complexity index is 4650. The van der Waals surface area contributed by atoms with Crippen LogP contribution in [0, 0.1) is 6.92 Å². The number of aryl methyl sites for hydroxylation is 2. The lowest BCUT2D eigenvalue weighted by Gasteiger charge is -2.15. The van der Waals surface area contributed by atoms with Gasteiger partial charge in [0.05, 0.1) is 5.35 Å². The Morgan fingerprint density at radius 2 is 0.973 bits per heavy atom. The molecule has 8 aromatic carbocycles. The van der Waals surface area contributed by atoms with Gasteiger partial charge in [-0.05, 0) is 99.0 Å². The van der Waals surface area contributed by atoms with Crippen LogP contribution in [0.5, 0.6) is 0 Å². The highest BCUT2D eigenvalue weighted by molar-refractivity contribution is 8.00. The normalized spacial score (nSPS) is 13.1. The molecule has 366 valence electrons. The first-order valence-electron chi connectivity index (χ1n) is 24.2. The molecule has 0 fully saturated rings.